The van der Waals surface area contributed by atoms with Crippen LogP contribution in [0.2, 0.25) is 5.02 Å². The van der Waals surface area contributed by atoms with Crippen molar-refractivity contribution in [2.75, 3.05) is 13.2 Å². The Kier molecular flexibility index (Phi) is 8.53. The molecule has 3 rings (SSSR count). The maximum absolute atomic E-state index is 12.4. The van der Waals surface area contributed by atoms with Gasteiger partial charge in [-0.25, -0.2) is 9.59 Å². The quantitative estimate of drug-likeness (QED) is 0.205. The minimum Gasteiger partial charge on any atom is -0.490 e. The van der Waals surface area contributed by atoms with Crippen molar-refractivity contribution in [3.8, 4) is 17.2 Å². The average Bonchev–Trinajstić information content (AvgIpc) is 2.79. The first-order valence-electron chi connectivity index (χ1n) is 9.71. The molecule has 0 radical (unpaired) electrons. The first-order chi connectivity index (χ1) is 15.4. The van der Waals surface area contributed by atoms with Gasteiger partial charge < -0.3 is 18.9 Å². The fraction of sp³-hybridized carbons (Fsp3) is 0.167. The normalized spacial score (nSPS) is 11.3. The molecule has 1 unspecified atom stereocenters. The van der Waals surface area contributed by atoms with Gasteiger partial charge in [-0.1, -0.05) is 35.9 Å². The Morgan fingerprint density at radius 3 is 2.44 bits per heavy atom. The van der Waals surface area contributed by atoms with Crippen molar-refractivity contribution in [2.45, 2.75) is 13.0 Å². The molecule has 0 amide bonds. The highest BCUT2D eigenvalue weighted by atomic mass is 79.9. The van der Waals surface area contributed by atoms with Crippen LogP contribution in [-0.4, -0.2) is 31.3 Å². The van der Waals surface area contributed by atoms with Crippen LogP contribution in [0.15, 0.2) is 77.3 Å². The predicted octanol–water partition coefficient (Wildman–Crippen LogP) is 5.71. The Labute approximate surface area is 199 Å². The highest BCUT2D eigenvalue weighted by molar-refractivity contribution is 9.10. The second kappa shape index (κ2) is 11.5. The molecule has 0 fully saturated rings. The van der Waals surface area contributed by atoms with E-state index in [1.54, 1.807) is 43.3 Å². The van der Waals surface area contributed by atoms with Gasteiger partial charge in [0.2, 0.25) is 0 Å². The van der Waals surface area contributed by atoms with Gasteiger partial charge in [-0.3, -0.25) is 0 Å². The van der Waals surface area contributed by atoms with Crippen molar-refractivity contribution in [1.29, 1.82) is 0 Å². The highest BCUT2D eigenvalue weighted by Crippen LogP contribution is 2.29. The van der Waals surface area contributed by atoms with Crippen LogP contribution in [0.3, 0.4) is 0 Å². The third-order valence-corrected chi connectivity index (χ3v) is 5.00. The summed E-state index contributed by atoms with van der Waals surface area (Å²) < 4.78 is 22.3. The van der Waals surface area contributed by atoms with Gasteiger partial charge in [-0.05, 0) is 71.4 Å². The van der Waals surface area contributed by atoms with Crippen molar-refractivity contribution in [1.82, 2.24) is 0 Å². The number of carbonyl (C=O) groups excluding carboxylic acids is 2. The van der Waals surface area contributed by atoms with Crippen LogP contribution in [0.1, 0.15) is 17.3 Å². The molecule has 0 saturated heterocycles. The third kappa shape index (κ3) is 7.00. The molecule has 0 aliphatic carbocycles. The Balaban J connectivity index is 1.50. The summed E-state index contributed by atoms with van der Waals surface area (Å²) in [7, 11) is 0. The van der Waals surface area contributed by atoms with Crippen molar-refractivity contribution in [2.24, 2.45) is 0 Å². The maximum Gasteiger partial charge on any atom is 0.352 e. The van der Waals surface area contributed by atoms with E-state index < -0.39 is 18.0 Å². The van der Waals surface area contributed by atoms with E-state index in [1.165, 1.54) is 6.07 Å². The van der Waals surface area contributed by atoms with Gasteiger partial charge in [0.15, 0.2) is 6.10 Å². The second-order valence-electron chi connectivity index (χ2n) is 6.58. The summed E-state index contributed by atoms with van der Waals surface area (Å²) in [6.07, 6.45) is -0.891. The van der Waals surface area contributed by atoms with Gasteiger partial charge in [0.05, 0.1) is 10.0 Å². The molecule has 0 aromatic heterocycles. The number of benzene rings is 3. The molecule has 32 heavy (non-hydrogen) atoms. The van der Waals surface area contributed by atoms with Crippen molar-refractivity contribution >= 4 is 39.5 Å². The SMILES string of the molecule is CC(Oc1ccc(Cl)cc1Br)C(=O)Oc1cccc(C(=O)OCCOc2ccccc2)c1. The summed E-state index contributed by atoms with van der Waals surface area (Å²) in [4.78, 5) is 24.7. The molecular formula is C24H20BrClO6. The molecule has 0 heterocycles. The number of rotatable bonds is 9. The van der Waals surface area contributed by atoms with Gasteiger partial charge in [0.1, 0.15) is 30.5 Å². The van der Waals surface area contributed by atoms with Crippen molar-refractivity contribution < 1.29 is 28.5 Å². The van der Waals surface area contributed by atoms with E-state index in [2.05, 4.69) is 15.9 Å². The van der Waals surface area contributed by atoms with E-state index >= 15 is 0 Å². The Morgan fingerprint density at radius 2 is 1.69 bits per heavy atom. The zero-order valence-electron chi connectivity index (χ0n) is 17.1. The largest absolute Gasteiger partial charge is 0.490 e. The lowest BCUT2D eigenvalue weighted by molar-refractivity contribution is -0.141. The summed E-state index contributed by atoms with van der Waals surface area (Å²) >= 11 is 9.24. The van der Waals surface area contributed by atoms with Crippen LogP contribution in [0.25, 0.3) is 0 Å². The van der Waals surface area contributed by atoms with Crippen LogP contribution >= 0.6 is 27.5 Å². The molecule has 8 heteroatoms. The van der Waals surface area contributed by atoms with Crippen LogP contribution < -0.4 is 14.2 Å². The summed E-state index contributed by atoms with van der Waals surface area (Å²) in [5.74, 6) is 0.187. The molecule has 3 aromatic carbocycles. The number of esters is 2. The fourth-order valence-electron chi connectivity index (χ4n) is 2.59. The van der Waals surface area contributed by atoms with Gasteiger partial charge in [-0.15, -0.1) is 0 Å². The molecule has 166 valence electrons. The van der Waals surface area contributed by atoms with E-state index in [1.807, 2.05) is 30.3 Å². The number of hydrogen-bond donors (Lipinski definition) is 0. The maximum atomic E-state index is 12.4. The first-order valence-corrected chi connectivity index (χ1v) is 10.9. The van der Waals surface area contributed by atoms with Gasteiger partial charge in [0, 0.05) is 5.02 Å². The minimum absolute atomic E-state index is 0.0819. The van der Waals surface area contributed by atoms with Crippen LogP contribution in [-0.2, 0) is 9.53 Å². The summed E-state index contributed by atoms with van der Waals surface area (Å²) in [6, 6.07) is 20.4. The van der Waals surface area contributed by atoms with Crippen molar-refractivity contribution in [3.63, 3.8) is 0 Å². The zero-order valence-corrected chi connectivity index (χ0v) is 19.5. The van der Waals surface area contributed by atoms with E-state index in [4.69, 9.17) is 30.5 Å². The monoisotopic (exact) mass is 518 g/mol. The number of ether oxygens (including phenoxy) is 4. The predicted molar refractivity (Wildman–Crippen MR) is 124 cm³/mol. The lowest BCUT2D eigenvalue weighted by Crippen LogP contribution is -2.28. The molecule has 0 saturated carbocycles. The highest BCUT2D eigenvalue weighted by Gasteiger charge is 2.19. The molecule has 3 aromatic rings. The van der Waals surface area contributed by atoms with Crippen molar-refractivity contribution in [3.05, 3.63) is 87.9 Å². The average molecular weight is 520 g/mol. The molecule has 0 aliphatic rings. The van der Waals surface area contributed by atoms with E-state index in [0.717, 1.165) is 0 Å². The van der Waals surface area contributed by atoms with Crippen LogP contribution in [0.5, 0.6) is 17.2 Å². The zero-order chi connectivity index (χ0) is 22.9. The number of carbonyl (C=O) groups is 2. The van der Waals surface area contributed by atoms with Gasteiger partial charge >= 0.3 is 11.9 Å². The fourth-order valence-corrected chi connectivity index (χ4v) is 3.37. The molecule has 0 N–H and O–H groups in total. The lowest BCUT2D eigenvalue weighted by Gasteiger charge is -2.15. The molecular weight excluding hydrogens is 500 g/mol. The first kappa shape index (κ1) is 23.6. The number of hydrogen-bond acceptors (Lipinski definition) is 6. The van der Waals surface area contributed by atoms with Crippen LogP contribution in [0.4, 0.5) is 0 Å². The van der Waals surface area contributed by atoms with Gasteiger partial charge in [0.25, 0.3) is 0 Å². The molecule has 6 nitrogen and oxygen atoms in total. The van der Waals surface area contributed by atoms with E-state index in [-0.39, 0.29) is 24.5 Å². The number of para-hydroxylation sites is 1. The molecule has 1 atom stereocenters. The number of halogens is 2. The standard InChI is InChI=1S/C24H20BrClO6/c1-16(31-22-11-10-18(26)15-21(22)25)23(27)32-20-9-5-6-17(14-20)24(28)30-13-12-29-19-7-3-2-4-8-19/h2-11,14-16H,12-13H2,1H3. The topological polar surface area (TPSA) is 71.1 Å². The summed E-state index contributed by atoms with van der Waals surface area (Å²) in [5.41, 5.74) is 0.254. The van der Waals surface area contributed by atoms with E-state index in [0.29, 0.717) is 21.0 Å². The summed E-state index contributed by atoms with van der Waals surface area (Å²) in [5, 5.41) is 0.537. The van der Waals surface area contributed by atoms with Crippen LogP contribution in [0, 0.1) is 0 Å². The Bertz CT molecular complexity index is 1070. The third-order valence-electron chi connectivity index (χ3n) is 4.15. The molecule has 0 bridgehead atoms. The van der Waals surface area contributed by atoms with Gasteiger partial charge in [-0.2, -0.15) is 0 Å². The lowest BCUT2D eigenvalue weighted by atomic mass is 10.2. The van der Waals surface area contributed by atoms with E-state index in [9.17, 15) is 9.59 Å². The Morgan fingerprint density at radius 1 is 0.938 bits per heavy atom. The molecule has 0 aliphatic heterocycles. The smallest absolute Gasteiger partial charge is 0.352 e. The Hall–Kier alpha value is -3.03. The minimum atomic E-state index is -0.891. The molecule has 0 spiro atoms. The second-order valence-corrected chi connectivity index (χ2v) is 7.87. The summed E-state index contributed by atoms with van der Waals surface area (Å²) in [6.45, 7) is 1.87.